The van der Waals surface area contributed by atoms with Crippen LogP contribution < -0.4 is 0 Å². The van der Waals surface area contributed by atoms with Gasteiger partial charge < -0.3 is 4.74 Å². The van der Waals surface area contributed by atoms with Crippen LogP contribution in [0.2, 0.25) is 0 Å². The van der Waals surface area contributed by atoms with E-state index < -0.39 is 17.2 Å². The maximum Gasteiger partial charge on any atom is 0.240 e. The van der Waals surface area contributed by atoms with Crippen LogP contribution in [0.4, 0.5) is 0 Å². The number of thioether (sulfide) groups is 1. The van der Waals surface area contributed by atoms with Gasteiger partial charge in [0.05, 0.1) is 24.2 Å². The first-order valence-electron chi connectivity index (χ1n) is 9.26. The van der Waals surface area contributed by atoms with Crippen molar-refractivity contribution in [2.75, 3.05) is 6.61 Å². The van der Waals surface area contributed by atoms with E-state index in [1.165, 1.54) is 18.2 Å². The van der Waals surface area contributed by atoms with Crippen LogP contribution in [0.3, 0.4) is 0 Å². The highest BCUT2D eigenvalue weighted by atomic mass is 32.2. The molecule has 2 aromatic carbocycles. The molecular formula is C22H21N3O3S. The van der Waals surface area contributed by atoms with Crippen LogP contribution >= 0.6 is 11.8 Å². The van der Waals surface area contributed by atoms with Gasteiger partial charge in [-0.15, -0.1) is 0 Å². The van der Waals surface area contributed by atoms with E-state index in [1.807, 2.05) is 68.4 Å². The molecule has 3 rings (SSSR count). The number of aryl methyl sites for hydroxylation is 1. The molecule has 0 saturated heterocycles. The summed E-state index contributed by atoms with van der Waals surface area (Å²) in [5.74, 6) is -0.698. The molecule has 0 aromatic heterocycles. The zero-order chi connectivity index (χ0) is 20.8. The predicted molar refractivity (Wildman–Crippen MR) is 114 cm³/mol. The molecule has 0 aliphatic carbocycles. The average Bonchev–Trinajstić information content (AvgIpc) is 2.74. The number of ether oxygens (including phenoxy) is 1. The fourth-order valence-corrected chi connectivity index (χ4v) is 4.72. The van der Waals surface area contributed by atoms with Crippen molar-refractivity contribution in [3.05, 3.63) is 92.0 Å². The molecule has 29 heavy (non-hydrogen) atoms. The number of aliphatic imine (C=N–C) groups is 1. The van der Waals surface area contributed by atoms with Gasteiger partial charge in [-0.25, -0.2) is 4.99 Å². The van der Waals surface area contributed by atoms with E-state index in [9.17, 15) is 15.4 Å². The SMILES string of the molecule is CCOC=NC1=C(C#N)C(c2ccc(C)cc2)C([N+](=O)[O-])C(c2ccccc2)S1. The summed E-state index contributed by atoms with van der Waals surface area (Å²) in [6, 6.07) is 18.1. The van der Waals surface area contributed by atoms with E-state index in [1.54, 1.807) is 0 Å². The minimum Gasteiger partial charge on any atom is -0.483 e. The monoisotopic (exact) mass is 407 g/mol. The normalized spacial score (nSPS) is 21.8. The Kier molecular flexibility index (Phi) is 6.68. The third-order valence-corrected chi connectivity index (χ3v) is 6.12. The van der Waals surface area contributed by atoms with Gasteiger partial charge in [0.1, 0.15) is 10.3 Å². The van der Waals surface area contributed by atoms with Gasteiger partial charge in [0.25, 0.3) is 0 Å². The molecule has 1 heterocycles. The van der Waals surface area contributed by atoms with Crippen molar-refractivity contribution in [2.45, 2.75) is 31.1 Å². The number of nitro groups is 1. The lowest BCUT2D eigenvalue weighted by Crippen LogP contribution is -2.36. The maximum absolute atomic E-state index is 12.2. The van der Waals surface area contributed by atoms with Crippen LogP contribution in [0, 0.1) is 28.4 Å². The second-order valence-corrected chi connectivity index (χ2v) is 7.76. The number of benzene rings is 2. The van der Waals surface area contributed by atoms with Crippen molar-refractivity contribution < 1.29 is 9.66 Å². The largest absolute Gasteiger partial charge is 0.483 e. The zero-order valence-electron chi connectivity index (χ0n) is 16.2. The summed E-state index contributed by atoms with van der Waals surface area (Å²) in [7, 11) is 0. The molecule has 6 nitrogen and oxygen atoms in total. The van der Waals surface area contributed by atoms with Crippen molar-refractivity contribution in [3.63, 3.8) is 0 Å². The Morgan fingerprint density at radius 3 is 2.48 bits per heavy atom. The smallest absolute Gasteiger partial charge is 0.240 e. The fourth-order valence-electron chi connectivity index (χ4n) is 3.39. The van der Waals surface area contributed by atoms with E-state index in [0.717, 1.165) is 16.7 Å². The minimum atomic E-state index is -0.995. The third kappa shape index (κ3) is 4.49. The third-order valence-electron chi connectivity index (χ3n) is 4.77. The predicted octanol–water partition coefficient (Wildman–Crippen LogP) is 5.01. The van der Waals surface area contributed by atoms with Crippen LogP contribution in [-0.4, -0.2) is 24.0 Å². The molecule has 0 spiro atoms. The van der Waals surface area contributed by atoms with Gasteiger partial charge in [-0.05, 0) is 25.0 Å². The summed E-state index contributed by atoms with van der Waals surface area (Å²) >= 11 is 1.24. The summed E-state index contributed by atoms with van der Waals surface area (Å²) in [5.41, 5.74) is 2.91. The molecule has 3 atom stereocenters. The summed E-state index contributed by atoms with van der Waals surface area (Å²) in [6.07, 6.45) is 1.31. The molecular weight excluding hydrogens is 386 g/mol. The quantitative estimate of drug-likeness (QED) is 0.291. The lowest BCUT2D eigenvalue weighted by atomic mass is 9.82. The number of hydrogen-bond donors (Lipinski definition) is 0. The molecule has 3 unspecified atom stereocenters. The summed E-state index contributed by atoms with van der Waals surface area (Å²) in [5, 5.41) is 22.1. The zero-order valence-corrected chi connectivity index (χ0v) is 17.0. The number of nitrogens with zero attached hydrogens (tertiary/aromatic N) is 3. The Morgan fingerprint density at radius 2 is 1.90 bits per heavy atom. The molecule has 0 amide bonds. The minimum absolute atomic E-state index is 0.268. The van der Waals surface area contributed by atoms with E-state index in [0.29, 0.717) is 17.2 Å². The van der Waals surface area contributed by atoms with Crippen LogP contribution in [0.5, 0.6) is 0 Å². The second kappa shape index (κ2) is 9.39. The fraction of sp³-hybridized carbons (Fsp3) is 0.273. The van der Waals surface area contributed by atoms with E-state index in [4.69, 9.17) is 4.74 Å². The van der Waals surface area contributed by atoms with Crippen LogP contribution in [-0.2, 0) is 4.74 Å². The van der Waals surface area contributed by atoms with Gasteiger partial charge in [0, 0.05) is 4.92 Å². The first-order chi connectivity index (χ1) is 14.1. The van der Waals surface area contributed by atoms with Gasteiger partial charge in [-0.2, -0.15) is 5.26 Å². The van der Waals surface area contributed by atoms with E-state index in [-0.39, 0.29) is 4.92 Å². The molecule has 0 radical (unpaired) electrons. The van der Waals surface area contributed by atoms with Crippen LogP contribution in [0.25, 0.3) is 0 Å². The standard InChI is InChI=1S/C22H21N3O3S/c1-3-28-14-24-22-18(13-23)19(16-11-9-15(2)10-12-16)20(25(26)27)21(29-22)17-7-5-4-6-8-17/h4-12,14,19-21H,3H2,1-2H3. The van der Waals surface area contributed by atoms with Gasteiger partial charge in [0.15, 0.2) is 6.40 Å². The van der Waals surface area contributed by atoms with E-state index in [2.05, 4.69) is 11.1 Å². The van der Waals surface area contributed by atoms with Gasteiger partial charge >= 0.3 is 0 Å². The second-order valence-electron chi connectivity index (χ2n) is 6.63. The number of nitriles is 1. The van der Waals surface area contributed by atoms with Crippen LogP contribution in [0.15, 0.2) is 70.2 Å². The topological polar surface area (TPSA) is 88.5 Å². The highest BCUT2D eigenvalue weighted by molar-refractivity contribution is 8.03. The highest BCUT2D eigenvalue weighted by Gasteiger charge is 2.48. The molecule has 0 bridgehead atoms. The summed E-state index contributed by atoms with van der Waals surface area (Å²) in [6.45, 7) is 4.24. The molecule has 0 saturated carbocycles. The first kappa shape index (κ1) is 20.6. The first-order valence-corrected chi connectivity index (χ1v) is 10.1. The Balaban J connectivity index is 2.19. The molecule has 0 fully saturated rings. The Hall–Kier alpha value is -3.11. The van der Waals surface area contributed by atoms with Crippen molar-refractivity contribution in [1.29, 1.82) is 5.26 Å². The van der Waals surface area contributed by atoms with Crippen molar-refractivity contribution in [3.8, 4) is 6.07 Å². The Labute approximate surface area is 174 Å². The van der Waals surface area contributed by atoms with Crippen molar-refractivity contribution >= 4 is 18.2 Å². The Morgan fingerprint density at radius 1 is 1.21 bits per heavy atom. The highest BCUT2D eigenvalue weighted by Crippen LogP contribution is 2.52. The van der Waals surface area contributed by atoms with E-state index >= 15 is 0 Å². The number of rotatable bonds is 6. The van der Waals surface area contributed by atoms with Gasteiger partial charge in [0.2, 0.25) is 6.04 Å². The number of hydrogen-bond acceptors (Lipinski definition) is 6. The van der Waals surface area contributed by atoms with Crippen molar-refractivity contribution in [1.82, 2.24) is 0 Å². The molecule has 7 heteroatoms. The van der Waals surface area contributed by atoms with Gasteiger partial charge in [-0.1, -0.05) is 71.9 Å². The lowest BCUT2D eigenvalue weighted by Gasteiger charge is -2.32. The molecule has 1 aliphatic heterocycles. The molecule has 148 valence electrons. The maximum atomic E-state index is 12.2. The molecule has 2 aromatic rings. The lowest BCUT2D eigenvalue weighted by molar-refractivity contribution is -0.525. The molecule has 1 aliphatic rings. The van der Waals surface area contributed by atoms with Gasteiger partial charge in [-0.3, -0.25) is 10.1 Å². The van der Waals surface area contributed by atoms with Crippen LogP contribution in [0.1, 0.15) is 34.8 Å². The summed E-state index contributed by atoms with van der Waals surface area (Å²) < 4.78 is 5.22. The average molecular weight is 407 g/mol. The molecule has 0 N–H and O–H groups in total. The van der Waals surface area contributed by atoms with Crippen molar-refractivity contribution in [2.24, 2.45) is 4.99 Å². The summed E-state index contributed by atoms with van der Waals surface area (Å²) in [4.78, 5) is 16.3. The Bertz CT molecular complexity index is 965.